The lowest BCUT2D eigenvalue weighted by atomic mass is 9.89. The third-order valence-electron chi connectivity index (χ3n) is 2.11. The van der Waals surface area contributed by atoms with E-state index in [-0.39, 0.29) is 0 Å². The molecule has 0 aliphatic heterocycles. The highest BCUT2D eigenvalue weighted by molar-refractivity contribution is 5.33. The van der Waals surface area contributed by atoms with E-state index in [4.69, 9.17) is 0 Å². The van der Waals surface area contributed by atoms with Gasteiger partial charge < -0.3 is 0 Å². The molecule has 0 saturated heterocycles. The molecule has 0 saturated carbocycles. The fourth-order valence-corrected chi connectivity index (χ4v) is 1.09. The number of hydrogen-bond donors (Lipinski definition) is 0. The lowest BCUT2D eigenvalue weighted by molar-refractivity contribution is 0.550. The second-order valence-corrected chi connectivity index (χ2v) is 2.95. The topological polar surface area (TPSA) is 0 Å². The Morgan fingerprint density at radius 1 is 1.40 bits per heavy atom. The maximum atomic E-state index is 3.72. The smallest absolute Gasteiger partial charge is 0.0192 e. The van der Waals surface area contributed by atoms with Gasteiger partial charge in [-0.15, -0.1) is 0 Å². The average Bonchev–Trinajstić information content (AvgIpc) is 1.95. The Hall–Kier alpha value is -0.780. The second kappa shape index (κ2) is 2.87. The van der Waals surface area contributed by atoms with E-state index in [9.17, 15) is 0 Å². The highest BCUT2D eigenvalue weighted by Crippen LogP contribution is 2.21. The van der Waals surface area contributed by atoms with Crippen LogP contribution in [0.25, 0.3) is 0 Å². The van der Waals surface area contributed by atoms with Crippen LogP contribution in [0.15, 0.2) is 36.5 Å². The third-order valence-corrected chi connectivity index (χ3v) is 2.11. The van der Waals surface area contributed by atoms with Crippen molar-refractivity contribution in [3.8, 4) is 0 Å². The molecule has 0 nitrogen and oxygen atoms in total. The lowest BCUT2D eigenvalue weighted by Crippen LogP contribution is -2.05. The van der Waals surface area contributed by atoms with Gasteiger partial charge in [0.2, 0.25) is 0 Å². The van der Waals surface area contributed by atoms with Crippen molar-refractivity contribution in [2.45, 2.75) is 13.8 Å². The van der Waals surface area contributed by atoms with E-state index in [2.05, 4.69) is 38.7 Å². The van der Waals surface area contributed by atoms with Crippen molar-refractivity contribution in [1.29, 1.82) is 0 Å². The standard InChI is InChI=1S/C10H14/c1-4-10-6-5-8(2)9(3)7-10/h4-9H,1H2,2-3H3. The summed E-state index contributed by atoms with van der Waals surface area (Å²) in [6, 6.07) is 0. The fourth-order valence-electron chi connectivity index (χ4n) is 1.09. The SMILES string of the molecule is C=CC1=CC(C)C(C)C=C1. The van der Waals surface area contributed by atoms with E-state index in [0.717, 1.165) is 0 Å². The van der Waals surface area contributed by atoms with Crippen LogP contribution in [-0.4, -0.2) is 0 Å². The minimum atomic E-state index is 0.665. The monoisotopic (exact) mass is 134 g/mol. The van der Waals surface area contributed by atoms with Gasteiger partial charge in [0.05, 0.1) is 0 Å². The molecule has 0 fully saturated rings. The third kappa shape index (κ3) is 1.38. The minimum absolute atomic E-state index is 0.665. The van der Waals surface area contributed by atoms with E-state index in [1.807, 2.05) is 6.08 Å². The molecule has 0 radical (unpaired) electrons. The summed E-state index contributed by atoms with van der Waals surface area (Å²) in [5.74, 6) is 1.35. The van der Waals surface area contributed by atoms with Crippen LogP contribution in [0, 0.1) is 11.8 Å². The molecule has 0 spiro atoms. The van der Waals surface area contributed by atoms with E-state index in [1.165, 1.54) is 5.57 Å². The van der Waals surface area contributed by atoms with E-state index in [1.54, 1.807) is 0 Å². The summed E-state index contributed by atoms with van der Waals surface area (Å²) in [4.78, 5) is 0. The molecule has 0 aromatic rings. The lowest BCUT2D eigenvalue weighted by Gasteiger charge is -2.17. The predicted octanol–water partition coefficient (Wildman–Crippen LogP) is 2.94. The molecule has 1 aliphatic rings. The summed E-state index contributed by atoms with van der Waals surface area (Å²) in [6.07, 6.45) is 8.54. The normalized spacial score (nSPS) is 31.6. The molecule has 2 unspecified atom stereocenters. The minimum Gasteiger partial charge on any atom is -0.0985 e. The summed E-state index contributed by atoms with van der Waals surface area (Å²) in [5, 5.41) is 0. The fraction of sp³-hybridized carbons (Fsp3) is 0.400. The molecular weight excluding hydrogens is 120 g/mol. The first-order chi connectivity index (χ1) is 4.74. The Balaban J connectivity index is 2.75. The zero-order valence-electron chi connectivity index (χ0n) is 6.67. The Kier molecular flexibility index (Phi) is 2.10. The van der Waals surface area contributed by atoms with Crippen LogP contribution >= 0.6 is 0 Å². The largest absolute Gasteiger partial charge is 0.0985 e. The molecular formula is C10H14. The molecule has 1 aliphatic carbocycles. The van der Waals surface area contributed by atoms with Crippen molar-refractivity contribution in [1.82, 2.24) is 0 Å². The van der Waals surface area contributed by atoms with Gasteiger partial charge in [0.25, 0.3) is 0 Å². The van der Waals surface area contributed by atoms with Crippen molar-refractivity contribution >= 4 is 0 Å². The molecule has 0 amide bonds. The first-order valence-electron chi connectivity index (χ1n) is 3.76. The zero-order valence-corrected chi connectivity index (χ0v) is 6.67. The van der Waals surface area contributed by atoms with Crippen molar-refractivity contribution < 1.29 is 0 Å². The van der Waals surface area contributed by atoms with Gasteiger partial charge >= 0.3 is 0 Å². The highest BCUT2D eigenvalue weighted by atomic mass is 14.1. The van der Waals surface area contributed by atoms with Crippen LogP contribution in [0.5, 0.6) is 0 Å². The summed E-state index contributed by atoms with van der Waals surface area (Å²) in [5.41, 5.74) is 1.26. The second-order valence-electron chi connectivity index (χ2n) is 2.95. The van der Waals surface area contributed by atoms with Gasteiger partial charge in [-0.2, -0.15) is 0 Å². The number of hydrogen-bond acceptors (Lipinski definition) is 0. The summed E-state index contributed by atoms with van der Waals surface area (Å²) < 4.78 is 0. The van der Waals surface area contributed by atoms with E-state index >= 15 is 0 Å². The number of rotatable bonds is 1. The molecule has 0 heterocycles. The molecule has 0 aromatic heterocycles. The van der Waals surface area contributed by atoms with Crippen molar-refractivity contribution in [3.63, 3.8) is 0 Å². The molecule has 54 valence electrons. The van der Waals surface area contributed by atoms with Crippen LogP contribution in [0.2, 0.25) is 0 Å². The van der Waals surface area contributed by atoms with Crippen LogP contribution in [0.3, 0.4) is 0 Å². The Bertz CT molecular complexity index is 184. The van der Waals surface area contributed by atoms with Crippen molar-refractivity contribution in [2.24, 2.45) is 11.8 Å². The summed E-state index contributed by atoms with van der Waals surface area (Å²) in [6.45, 7) is 8.19. The molecule has 1 rings (SSSR count). The molecule has 0 aromatic carbocycles. The van der Waals surface area contributed by atoms with Crippen LogP contribution < -0.4 is 0 Å². The van der Waals surface area contributed by atoms with Gasteiger partial charge in [0.1, 0.15) is 0 Å². The summed E-state index contributed by atoms with van der Waals surface area (Å²) in [7, 11) is 0. The van der Waals surface area contributed by atoms with Gasteiger partial charge in [-0.05, 0) is 17.4 Å². The van der Waals surface area contributed by atoms with Gasteiger partial charge in [0.15, 0.2) is 0 Å². The van der Waals surface area contributed by atoms with Crippen molar-refractivity contribution in [3.05, 3.63) is 36.5 Å². The van der Waals surface area contributed by atoms with Crippen molar-refractivity contribution in [2.75, 3.05) is 0 Å². The van der Waals surface area contributed by atoms with E-state index < -0.39 is 0 Å². The van der Waals surface area contributed by atoms with E-state index in [0.29, 0.717) is 11.8 Å². The first kappa shape index (κ1) is 7.33. The molecule has 0 bridgehead atoms. The zero-order chi connectivity index (χ0) is 7.56. The molecule has 10 heavy (non-hydrogen) atoms. The predicted molar refractivity (Wildman–Crippen MR) is 45.7 cm³/mol. The molecule has 0 heteroatoms. The summed E-state index contributed by atoms with van der Waals surface area (Å²) >= 11 is 0. The Morgan fingerprint density at radius 3 is 2.60 bits per heavy atom. The Morgan fingerprint density at radius 2 is 2.10 bits per heavy atom. The molecule has 2 atom stereocenters. The maximum Gasteiger partial charge on any atom is -0.0192 e. The van der Waals surface area contributed by atoms with Crippen LogP contribution in [0.4, 0.5) is 0 Å². The number of allylic oxidation sites excluding steroid dienone is 5. The maximum absolute atomic E-state index is 3.72. The van der Waals surface area contributed by atoms with Gasteiger partial charge in [0, 0.05) is 0 Å². The Labute approximate surface area is 62.9 Å². The van der Waals surface area contributed by atoms with Gasteiger partial charge in [-0.25, -0.2) is 0 Å². The van der Waals surface area contributed by atoms with Crippen LogP contribution in [-0.2, 0) is 0 Å². The van der Waals surface area contributed by atoms with Crippen LogP contribution in [0.1, 0.15) is 13.8 Å². The van der Waals surface area contributed by atoms with Gasteiger partial charge in [-0.3, -0.25) is 0 Å². The first-order valence-corrected chi connectivity index (χ1v) is 3.76. The van der Waals surface area contributed by atoms with Gasteiger partial charge in [-0.1, -0.05) is 44.7 Å². The quantitative estimate of drug-likeness (QED) is 0.517. The highest BCUT2D eigenvalue weighted by Gasteiger charge is 2.09. The molecule has 0 N–H and O–H groups in total. The average molecular weight is 134 g/mol.